The second-order valence-electron chi connectivity index (χ2n) is 6.67. The lowest BCUT2D eigenvalue weighted by molar-refractivity contribution is -0.120. The van der Waals surface area contributed by atoms with Gasteiger partial charge in [-0.1, -0.05) is 6.07 Å². The lowest BCUT2D eigenvalue weighted by Crippen LogP contribution is -2.33. The van der Waals surface area contributed by atoms with Crippen molar-refractivity contribution >= 4 is 24.1 Å². The molecule has 7 nitrogen and oxygen atoms in total. The minimum atomic E-state index is -0.549. The number of nitrogens with one attached hydrogen (secondary N) is 1. The predicted molar refractivity (Wildman–Crippen MR) is 92.3 cm³/mol. The van der Waals surface area contributed by atoms with Crippen molar-refractivity contribution in [3.8, 4) is 0 Å². The van der Waals surface area contributed by atoms with Crippen LogP contribution >= 0.6 is 0 Å². The van der Waals surface area contributed by atoms with Crippen molar-refractivity contribution in [1.82, 2.24) is 10.2 Å². The molecular formula is C18H22FN3O4. The quantitative estimate of drug-likeness (QED) is 0.807. The molecule has 140 valence electrons. The molecule has 2 fully saturated rings. The molecule has 3 amide bonds. The second kappa shape index (κ2) is 7.72. The highest BCUT2D eigenvalue weighted by Gasteiger charge is 2.33. The number of carbonyl (C=O) groups is 3. The van der Waals surface area contributed by atoms with Gasteiger partial charge in [0.2, 0.25) is 12.3 Å². The summed E-state index contributed by atoms with van der Waals surface area (Å²) < 4.78 is 19.8. The van der Waals surface area contributed by atoms with Crippen molar-refractivity contribution in [2.75, 3.05) is 31.1 Å². The fourth-order valence-electron chi connectivity index (χ4n) is 3.43. The number of benzene rings is 1. The van der Waals surface area contributed by atoms with Gasteiger partial charge in [-0.05, 0) is 36.5 Å². The first-order valence-corrected chi connectivity index (χ1v) is 8.69. The van der Waals surface area contributed by atoms with E-state index in [1.807, 2.05) is 0 Å². The number of hydrogen-bond acceptors (Lipinski definition) is 4. The van der Waals surface area contributed by atoms with Crippen molar-refractivity contribution in [2.45, 2.75) is 31.8 Å². The first-order valence-electron chi connectivity index (χ1n) is 8.69. The number of cyclic esters (lactones) is 1. The summed E-state index contributed by atoms with van der Waals surface area (Å²) in [5.41, 5.74) is 1.05. The molecule has 1 aromatic carbocycles. The van der Waals surface area contributed by atoms with Gasteiger partial charge >= 0.3 is 6.09 Å². The third-order valence-corrected chi connectivity index (χ3v) is 4.87. The van der Waals surface area contributed by atoms with E-state index >= 15 is 0 Å². The molecule has 0 bridgehead atoms. The maximum absolute atomic E-state index is 14.6. The zero-order valence-electron chi connectivity index (χ0n) is 14.6. The van der Waals surface area contributed by atoms with E-state index < -0.39 is 12.2 Å². The first-order chi connectivity index (χ1) is 12.5. The third kappa shape index (κ3) is 3.95. The monoisotopic (exact) mass is 363 g/mol. The number of piperidine rings is 1. The number of amides is 3. The zero-order valence-corrected chi connectivity index (χ0v) is 14.6. The van der Waals surface area contributed by atoms with Crippen LogP contribution in [0.25, 0.3) is 0 Å². The maximum Gasteiger partial charge on any atom is 0.414 e. The van der Waals surface area contributed by atoms with Crippen LogP contribution in [0.3, 0.4) is 0 Å². The Hall–Kier alpha value is -2.64. The molecular weight excluding hydrogens is 341 g/mol. The van der Waals surface area contributed by atoms with Crippen molar-refractivity contribution in [1.29, 1.82) is 0 Å². The number of ether oxygens (including phenoxy) is 1. The number of rotatable bonds is 5. The minimum absolute atomic E-state index is 0.0679. The smallest absolute Gasteiger partial charge is 0.414 e. The Balaban J connectivity index is 1.67. The number of halogens is 1. The molecule has 3 rings (SSSR count). The van der Waals surface area contributed by atoms with Gasteiger partial charge in [0.25, 0.3) is 0 Å². The summed E-state index contributed by atoms with van der Waals surface area (Å²) in [5.74, 6) is -0.487. The number of anilines is 1. The Kier molecular flexibility index (Phi) is 5.39. The fourth-order valence-corrected chi connectivity index (χ4v) is 3.43. The van der Waals surface area contributed by atoms with Crippen LogP contribution in [0, 0.1) is 5.82 Å². The van der Waals surface area contributed by atoms with Crippen LogP contribution in [-0.2, 0) is 14.3 Å². The highest BCUT2D eigenvalue weighted by Crippen LogP contribution is 2.32. The lowest BCUT2D eigenvalue weighted by atomic mass is 9.89. The van der Waals surface area contributed by atoms with E-state index in [2.05, 4.69) is 5.32 Å². The van der Waals surface area contributed by atoms with Crippen LogP contribution in [0.2, 0.25) is 0 Å². The SMILES string of the molecule is CC(=O)NCC1CN(c2ccc(C3CCN(C=O)CC3)c(F)c2)C(=O)O1. The molecule has 0 aliphatic carbocycles. The number of carbonyl (C=O) groups excluding carboxylic acids is 3. The standard InChI is InChI=1S/C18H22FN3O4/c1-12(24)20-9-15-10-22(18(25)26-15)14-2-3-16(17(19)8-14)13-4-6-21(11-23)7-5-13/h2-3,8,11,13,15H,4-7,9-10H2,1H3,(H,20,24). The van der Waals surface area contributed by atoms with E-state index in [0.29, 0.717) is 24.3 Å². The van der Waals surface area contributed by atoms with Crippen LogP contribution < -0.4 is 10.2 Å². The van der Waals surface area contributed by atoms with E-state index in [9.17, 15) is 18.8 Å². The Bertz CT molecular complexity index is 704. The average Bonchev–Trinajstić information content (AvgIpc) is 3.01. The molecule has 0 saturated carbocycles. The van der Waals surface area contributed by atoms with Gasteiger partial charge in [0.1, 0.15) is 11.9 Å². The molecule has 1 atom stereocenters. The predicted octanol–water partition coefficient (Wildman–Crippen LogP) is 1.62. The number of hydrogen-bond donors (Lipinski definition) is 1. The summed E-state index contributed by atoms with van der Waals surface area (Å²) in [7, 11) is 0. The molecule has 0 spiro atoms. The van der Waals surface area contributed by atoms with Gasteiger partial charge in [0.15, 0.2) is 0 Å². The molecule has 2 aliphatic heterocycles. The molecule has 26 heavy (non-hydrogen) atoms. The van der Waals surface area contributed by atoms with Crippen molar-refractivity contribution in [3.63, 3.8) is 0 Å². The first kappa shape index (κ1) is 18.2. The summed E-state index contributed by atoms with van der Waals surface area (Å²) in [4.78, 5) is 36.8. The highest BCUT2D eigenvalue weighted by atomic mass is 19.1. The van der Waals surface area contributed by atoms with Gasteiger partial charge in [-0.25, -0.2) is 9.18 Å². The minimum Gasteiger partial charge on any atom is -0.442 e. The summed E-state index contributed by atoms with van der Waals surface area (Å²) in [6, 6.07) is 4.77. The molecule has 2 saturated heterocycles. The van der Waals surface area contributed by atoms with Gasteiger partial charge in [-0.15, -0.1) is 0 Å². The van der Waals surface area contributed by atoms with E-state index in [1.54, 1.807) is 17.0 Å². The fraction of sp³-hybridized carbons (Fsp3) is 0.500. The van der Waals surface area contributed by atoms with Crippen LogP contribution in [0.5, 0.6) is 0 Å². The summed E-state index contributed by atoms with van der Waals surface area (Å²) in [5, 5.41) is 2.61. The lowest BCUT2D eigenvalue weighted by Gasteiger charge is -2.29. The Morgan fingerprint density at radius 3 is 2.73 bits per heavy atom. The Morgan fingerprint density at radius 2 is 2.12 bits per heavy atom. The van der Waals surface area contributed by atoms with Crippen LogP contribution in [-0.4, -0.2) is 55.6 Å². The van der Waals surface area contributed by atoms with Crippen LogP contribution in [0.4, 0.5) is 14.9 Å². The van der Waals surface area contributed by atoms with Gasteiger partial charge < -0.3 is 15.0 Å². The largest absolute Gasteiger partial charge is 0.442 e. The molecule has 2 aliphatic rings. The highest BCUT2D eigenvalue weighted by molar-refractivity contribution is 5.89. The zero-order chi connectivity index (χ0) is 18.7. The van der Waals surface area contributed by atoms with Gasteiger partial charge in [0.05, 0.1) is 18.8 Å². The summed E-state index contributed by atoms with van der Waals surface area (Å²) >= 11 is 0. The molecule has 2 heterocycles. The normalized spacial score (nSPS) is 20.8. The Labute approximate surface area is 151 Å². The van der Waals surface area contributed by atoms with E-state index in [-0.39, 0.29) is 30.7 Å². The van der Waals surface area contributed by atoms with E-state index in [4.69, 9.17) is 4.74 Å². The van der Waals surface area contributed by atoms with Crippen molar-refractivity contribution in [3.05, 3.63) is 29.6 Å². The average molecular weight is 363 g/mol. The molecule has 8 heteroatoms. The van der Waals surface area contributed by atoms with E-state index in [1.165, 1.54) is 17.9 Å². The van der Waals surface area contributed by atoms with Gasteiger partial charge in [0, 0.05) is 20.0 Å². The van der Waals surface area contributed by atoms with Crippen molar-refractivity contribution in [2.24, 2.45) is 0 Å². The molecule has 0 aromatic heterocycles. The topological polar surface area (TPSA) is 79.0 Å². The third-order valence-electron chi connectivity index (χ3n) is 4.87. The van der Waals surface area contributed by atoms with Crippen molar-refractivity contribution < 1.29 is 23.5 Å². The Morgan fingerprint density at radius 1 is 1.38 bits per heavy atom. The van der Waals surface area contributed by atoms with Gasteiger partial charge in [-0.3, -0.25) is 14.5 Å². The summed E-state index contributed by atoms with van der Waals surface area (Å²) in [6.45, 7) is 3.13. The number of likely N-dealkylation sites (tertiary alicyclic amines) is 1. The molecule has 1 unspecified atom stereocenters. The summed E-state index contributed by atoms with van der Waals surface area (Å²) in [6.07, 6.45) is 1.26. The van der Waals surface area contributed by atoms with E-state index in [0.717, 1.165) is 19.3 Å². The maximum atomic E-state index is 14.6. The molecule has 1 aromatic rings. The molecule has 1 N–H and O–H groups in total. The second-order valence-corrected chi connectivity index (χ2v) is 6.67. The van der Waals surface area contributed by atoms with Crippen LogP contribution in [0.1, 0.15) is 31.2 Å². The molecule has 0 radical (unpaired) electrons. The van der Waals surface area contributed by atoms with Gasteiger partial charge in [-0.2, -0.15) is 0 Å². The van der Waals surface area contributed by atoms with Crippen LogP contribution in [0.15, 0.2) is 18.2 Å². The number of nitrogens with zero attached hydrogens (tertiary/aromatic N) is 2.